The first-order valence-corrected chi connectivity index (χ1v) is 8.01. The number of anilines is 1. The number of rotatable bonds is 2. The Morgan fingerprint density at radius 1 is 1.12 bits per heavy atom. The van der Waals surface area contributed by atoms with Gasteiger partial charge in [-0.2, -0.15) is 0 Å². The minimum atomic E-state index is 0.890. The second-order valence-electron chi connectivity index (χ2n) is 6.00. The summed E-state index contributed by atoms with van der Waals surface area (Å²) in [6.07, 6.45) is 5.71. The van der Waals surface area contributed by atoms with Crippen LogP contribution in [-0.4, -0.2) is 31.0 Å². The molecule has 0 spiro atoms. The number of aromatic nitrogens is 5. The van der Waals surface area contributed by atoms with Gasteiger partial charge < -0.3 is 14.9 Å². The Morgan fingerprint density at radius 3 is 3.00 bits per heavy atom. The molecule has 0 atom stereocenters. The van der Waals surface area contributed by atoms with Crippen LogP contribution in [-0.2, 0) is 6.54 Å². The van der Waals surface area contributed by atoms with E-state index in [2.05, 4.69) is 30.9 Å². The number of hydrogen-bond donors (Lipinski definition) is 2. The Morgan fingerprint density at radius 2 is 2.08 bits per heavy atom. The second-order valence-corrected chi connectivity index (χ2v) is 6.00. The van der Waals surface area contributed by atoms with E-state index in [1.165, 1.54) is 0 Å². The number of H-pyrrole nitrogens is 1. The first-order chi connectivity index (χ1) is 11.8. The summed E-state index contributed by atoms with van der Waals surface area (Å²) in [6.45, 7) is 3.79. The molecule has 24 heavy (non-hydrogen) atoms. The van der Waals surface area contributed by atoms with Crippen molar-refractivity contribution in [3.8, 4) is 22.6 Å². The molecule has 1 aliphatic rings. The summed E-state index contributed by atoms with van der Waals surface area (Å²) in [6, 6.07) is 8.12. The zero-order valence-electron chi connectivity index (χ0n) is 13.2. The van der Waals surface area contributed by atoms with Crippen molar-refractivity contribution in [3.05, 3.63) is 48.5 Å². The fourth-order valence-corrected chi connectivity index (χ4v) is 3.38. The van der Waals surface area contributed by atoms with Crippen LogP contribution in [0.25, 0.3) is 33.5 Å². The molecule has 5 rings (SSSR count). The largest absolute Gasteiger partial charge is 0.360 e. The van der Waals surface area contributed by atoms with E-state index in [-0.39, 0.29) is 0 Å². The lowest BCUT2D eigenvalue weighted by Gasteiger charge is -2.09. The summed E-state index contributed by atoms with van der Waals surface area (Å²) in [5.41, 5.74) is 5.95. The molecule has 6 heteroatoms. The highest BCUT2D eigenvalue weighted by Crippen LogP contribution is 2.38. The fraction of sp³-hybridized carbons (Fsp3) is 0.167. The van der Waals surface area contributed by atoms with Crippen molar-refractivity contribution >= 4 is 16.9 Å². The van der Waals surface area contributed by atoms with Crippen LogP contribution in [0.1, 0.15) is 5.69 Å². The minimum absolute atomic E-state index is 0.890. The Kier molecular flexibility index (Phi) is 2.73. The smallest absolute Gasteiger partial charge is 0.204 e. The van der Waals surface area contributed by atoms with Crippen LogP contribution < -0.4 is 5.32 Å². The van der Waals surface area contributed by atoms with Gasteiger partial charge in [-0.1, -0.05) is 6.07 Å². The number of aryl methyl sites for hydroxylation is 1. The van der Waals surface area contributed by atoms with Crippen molar-refractivity contribution in [1.29, 1.82) is 0 Å². The second kappa shape index (κ2) is 4.92. The molecule has 6 nitrogen and oxygen atoms in total. The number of nitrogens with one attached hydrogen (secondary N) is 2. The van der Waals surface area contributed by atoms with Crippen LogP contribution in [0.5, 0.6) is 0 Å². The SMILES string of the molecule is Cc1cccc(-c2nc3n(c2-c2cncc4[nH]ccc24)CCN3)n1. The molecule has 0 saturated heterocycles. The van der Waals surface area contributed by atoms with Gasteiger partial charge in [-0.25, -0.2) is 4.98 Å². The van der Waals surface area contributed by atoms with Gasteiger partial charge in [0.05, 0.1) is 23.1 Å². The third-order valence-corrected chi connectivity index (χ3v) is 4.45. The molecule has 0 unspecified atom stereocenters. The van der Waals surface area contributed by atoms with E-state index in [4.69, 9.17) is 4.98 Å². The first kappa shape index (κ1) is 13.3. The van der Waals surface area contributed by atoms with Gasteiger partial charge in [0.15, 0.2) is 0 Å². The summed E-state index contributed by atoms with van der Waals surface area (Å²) >= 11 is 0. The zero-order chi connectivity index (χ0) is 16.1. The van der Waals surface area contributed by atoms with Gasteiger partial charge in [0.25, 0.3) is 0 Å². The van der Waals surface area contributed by atoms with Crippen LogP contribution >= 0.6 is 0 Å². The molecule has 0 aromatic carbocycles. The molecule has 0 radical (unpaired) electrons. The molecule has 1 aliphatic heterocycles. The van der Waals surface area contributed by atoms with Gasteiger partial charge in [0.1, 0.15) is 5.69 Å². The van der Waals surface area contributed by atoms with Gasteiger partial charge in [-0.15, -0.1) is 0 Å². The summed E-state index contributed by atoms with van der Waals surface area (Å²) in [4.78, 5) is 17.1. The molecule has 0 aliphatic carbocycles. The van der Waals surface area contributed by atoms with Crippen molar-refractivity contribution in [3.63, 3.8) is 0 Å². The van der Waals surface area contributed by atoms with E-state index in [1.807, 2.05) is 43.7 Å². The monoisotopic (exact) mass is 316 g/mol. The normalized spacial score (nSPS) is 13.2. The predicted octanol–water partition coefficient (Wildman–Crippen LogP) is 3.22. The highest BCUT2D eigenvalue weighted by Gasteiger charge is 2.25. The maximum atomic E-state index is 4.82. The van der Waals surface area contributed by atoms with Gasteiger partial charge in [-0.05, 0) is 25.1 Å². The lowest BCUT2D eigenvalue weighted by atomic mass is 10.1. The van der Waals surface area contributed by atoms with Crippen LogP contribution in [0.4, 0.5) is 5.95 Å². The zero-order valence-corrected chi connectivity index (χ0v) is 13.2. The highest BCUT2D eigenvalue weighted by molar-refractivity contribution is 5.97. The fourth-order valence-electron chi connectivity index (χ4n) is 3.38. The van der Waals surface area contributed by atoms with E-state index < -0.39 is 0 Å². The summed E-state index contributed by atoms with van der Waals surface area (Å²) in [7, 11) is 0. The van der Waals surface area contributed by atoms with Gasteiger partial charge in [0.2, 0.25) is 5.95 Å². The Labute approximate surface area is 138 Å². The van der Waals surface area contributed by atoms with Gasteiger partial charge >= 0.3 is 0 Å². The molecule has 0 bridgehead atoms. The van der Waals surface area contributed by atoms with Crippen LogP contribution in [0.15, 0.2) is 42.9 Å². The first-order valence-electron chi connectivity index (χ1n) is 8.01. The van der Waals surface area contributed by atoms with Crippen LogP contribution in [0.2, 0.25) is 0 Å². The predicted molar refractivity (Wildman–Crippen MR) is 93.8 cm³/mol. The van der Waals surface area contributed by atoms with E-state index >= 15 is 0 Å². The van der Waals surface area contributed by atoms with E-state index in [9.17, 15) is 0 Å². The van der Waals surface area contributed by atoms with Crippen molar-refractivity contribution in [2.24, 2.45) is 0 Å². The van der Waals surface area contributed by atoms with Crippen molar-refractivity contribution in [1.82, 2.24) is 24.5 Å². The molecule has 0 amide bonds. The third kappa shape index (κ3) is 1.86. The molecule has 0 saturated carbocycles. The molecule has 0 fully saturated rings. The van der Waals surface area contributed by atoms with Crippen molar-refractivity contribution in [2.75, 3.05) is 11.9 Å². The highest BCUT2D eigenvalue weighted by atomic mass is 15.3. The number of aromatic amines is 1. The van der Waals surface area contributed by atoms with E-state index in [0.717, 1.165) is 58.3 Å². The maximum absolute atomic E-state index is 4.82. The molecule has 4 aromatic heterocycles. The number of nitrogens with zero attached hydrogens (tertiary/aromatic N) is 4. The summed E-state index contributed by atoms with van der Waals surface area (Å²) in [5.74, 6) is 0.899. The molecule has 2 N–H and O–H groups in total. The number of imidazole rings is 1. The molecular formula is C18H16N6. The molecule has 5 heterocycles. The maximum Gasteiger partial charge on any atom is 0.204 e. The molecular weight excluding hydrogens is 300 g/mol. The average Bonchev–Trinajstić information content (AvgIpc) is 3.29. The molecule has 4 aromatic rings. The van der Waals surface area contributed by atoms with E-state index in [0.29, 0.717) is 0 Å². The van der Waals surface area contributed by atoms with E-state index in [1.54, 1.807) is 0 Å². The lowest BCUT2D eigenvalue weighted by Crippen LogP contribution is -2.00. The molecule has 118 valence electrons. The lowest BCUT2D eigenvalue weighted by molar-refractivity contribution is 0.817. The van der Waals surface area contributed by atoms with Crippen molar-refractivity contribution < 1.29 is 0 Å². The number of pyridine rings is 2. The minimum Gasteiger partial charge on any atom is -0.360 e. The topological polar surface area (TPSA) is 71.4 Å². The standard InChI is InChI=1S/C18H16N6/c1-11-3-2-4-14(22-11)16-17(24-8-7-21-18(24)23-16)13-9-19-10-15-12(13)5-6-20-15/h2-6,9-10,20H,7-8H2,1H3,(H,21,23). The van der Waals surface area contributed by atoms with Gasteiger partial charge in [-0.3, -0.25) is 9.97 Å². The number of fused-ring (bicyclic) bond motifs is 2. The number of hydrogen-bond acceptors (Lipinski definition) is 4. The van der Waals surface area contributed by atoms with Gasteiger partial charge in [0, 0.05) is 42.1 Å². The average molecular weight is 316 g/mol. The summed E-state index contributed by atoms with van der Waals surface area (Å²) < 4.78 is 2.22. The van der Waals surface area contributed by atoms with Crippen molar-refractivity contribution in [2.45, 2.75) is 13.5 Å². The van der Waals surface area contributed by atoms with Crippen LogP contribution in [0, 0.1) is 6.92 Å². The quantitative estimate of drug-likeness (QED) is 0.595. The van der Waals surface area contributed by atoms with Crippen LogP contribution in [0.3, 0.4) is 0 Å². The third-order valence-electron chi connectivity index (χ3n) is 4.45. The Hall–Kier alpha value is -3.15. The summed E-state index contributed by atoms with van der Waals surface area (Å²) in [5, 5.41) is 4.50. The Balaban J connectivity index is 1.83. The Bertz CT molecular complexity index is 1060.